The highest BCUT2D eigenvalue weighted by Crippen LogP contribution is 2.28. The van der Waals surface area contributed by atoms with Crippen LogP contribution in [0.2, 0.25) is 0 Å². The summed E-state index contributed by atoms with van der Waals surface area (Å²) in [6.45, 7) is 0. The number of amides is 1. The van der Waals surface area contributed by atoms with Gasteiger partial charge in [-0.2, -0.15) is 13.2 Å². The van der Waals surface area contributed by atoms with Crippen LogP contribution in [0.15, 0.2) is 46.6 Å². The number of thioether (sulfide) groups is 2. The van der Waals surface area contributed by atoms with Gasteiger partial charge >= 0.3 is 6.18 Å². The van der Waals surface area contributed by atoms with Gasteiger partial charge in [-0.05, 0) is 24.5 Å². The standard InChI is InChI=1S/C15H14F3N3OS2/c1-23-11-5-3-2-4-10(11)20-13(22)7-9-24-14-19-8-6-12(21-14)15(16,17)18/h2-6,8H,7,9H2,1H3,(H,20,22). The molecule has 24 heavy (non-hydrogen) atoms. The van der Waals surface area contributed by atoms with Crippen LogP contribution in [-0.2, 0) is 11.0 Å². The predicted molar refractivity (Wildman–Crippen MR) is 89.2 cm³/mol. The molecule has 4 nitrogen and oxygen atoms in total. The molecule has 9 heteroatoms. The first-order valence-corrected chi connectivity index (χ1v) is 9.07. The van der Waals surface area contributed by atoms with Gasteiger partial charge in [-0.3, -0.25) is 4.79 Å². The van der Waals surface area contributed by atoms with Crippen molar-refractivity contribution in [2.24, 2.45) is 0 Å². The zero-order chi connectivity index (χ0) is 17.6. The SMILES string of the molecule is CSc1ccccc1NC(=O)CCSc1nccc(C(F)(F)F)n1. The maximum Gasteiger partial charge on any atom is 0.433 e. The lowest BCUT2D eigenvalue weighted by molar-refractivity contribution is -0.141. The fourth-order valence-corrected chi connectivity index (χ4v) is 3.09. The Morgan fingerprint density at radius 1 is 1.25 bits per heavy atom. The van der Waals surface area contributed by atoms with E-state index in [0.717, 1.165) is 34.6 Å². The van der Waals surface area contributed by atoms with Gasteiger partial charge in [0.1, 0.15) is 5.69 Å². The van der Waals surface area contributed by atoms with E-state index in [4.69, 9.17) is 0 Å². The number of nitrogens with zero attached hydrogens (tertiary/aromatic N) is 2. The molecule has 1 N–H and O–H groups in total. The Labute approximate surface area is 145 Å². The van der Waals surface area contributed by atoms with Crippen LogP contribution in [0.4, 0.5) is 18.9 Å². The fraction of sp³-hybridized carbons (Fsp3) is 0.267. The molecule has 0 aliphatic rings. The minimum absolute atomic E-state index is 0.00198. The number of benzene rings is 1. The van der Waals surface area contributed by atoms with E-state index in [9.17, 15) is 18.0 Å². The van der Waals surface area contributed by atoms with Crippen LogP contribution in [-0.4, -0.2) is 27.9 Å². The average molecular weight is 373 g/mol. The second kappa shape index (κ2) is 8.39. The van der Waals surface area contributed by atoms with Crippen molar-refractivity contribution >= 4 is 35.1 Å². The zero-order valence-corrected chi connectivity index (χ0v) is 14.3. The van der Waals surface area contributed by atoms with E-state index in [0.29, 0.717) is 0 Å². The van der Waals surface area contributed by atoms with Gasteiger partial charge in [0.25, 0.3) is 0 Å². The topological polar surface area (TPSA) is 54.9 Å². The quantitative estimate of drug-likeness (QED) is 0.603. The molecule has 1 amide bonds. The lowest BCUT2D eigenvalue weighted by Gasteiger charge is -2.09. The summed E-state index contributed by atoms with van der Waals surface area (Å²) in [4.78, 5) is 20.1. The molecule has 0 saturated heterocycles. The first kappa shape index (κ1) is 18.6. The van der Waals surface area contributed by atoms with E-state index >= 15 is 0 Å². The Hall–Kier alpha value is -1.74. The number of alkyl halides is 3. The lowest BCUT2D eigenvalue weighted by Crippen LogP contribution is -2.13. The van der Waals surface area contributed by atoms with Crippen molar-refractivity contribution in [2.45, 2.75) is 22.6 Å². The van der Waals surface area contributed by atoms with Crippen LogP contribution in [0.3, 0.4) is 0 Å². The van der Waals surface area contributed by atoms with Gasteiger partial charge in [-0.25, -0.2) is 9.97 Å². The first-order chi connectivity index (χ1) is 11.4. The molecule has 0 unspecified atom stereocenters. The van der Waals surface area contributed by atoms with Crippen molar-refractivity contribution in [3.05, 3.63) is 42.2 Å². The number of hydrogen-bond donors (Lipinski definition) is 1. The van der Waals surface area contributed by atoms with E-state index < -0.39 is 11.9 Å². The van der Waals surface area contributed by atoms with Crippen molar-refractivity contribution in [1.29, 1.82) is 0 Å². The van der Waals surface area contributed by atoms with Crippen LogP contribution in [0.5, 0.6) is 0 Å². The van der Waals surface area contributed by atoms with Crippen LogP contribution < -0.4 is 5.32 Å². The molecule has 128 valence electrons. The summed E-state index contributed by atoms with van der Waals surface area (Å²) in [6.07, 6.45) is -1.39. The van der Waals surface area contributed by atoms with Crippen molar-refractivity contribution in [3.63, 3.8) is 0 Å². The van der Waals surface area contributed by atoms with E-state index in [-0.39, 0.29) is 23.2 Å². The third-order valence-corrected chi connectivity index (χ3v) is 4.52. The smallest absolute Gasteiger partial charge is 0.325 e. The number of carbonyl (C=O) groups is 1. The van der Waals surface area contributed by atoms with Crippen LogP contribution in [0.1, 0.15) is 12.1 Å². The molecule has 0 aliphatic heterocycles. The Morgan fingerprint density at radius 2 is 2.00 bits per heavy atom. The Bertz CT molecular complexity index is 710. The number of halogens is 3. The van der Waals surface area contributed by atoms with E-state index in [2.05, 4.69) is 15.3 Å². The van der Waals surface area contributed by atoms with Gasteiger partial charge in [-0.15, -0.1) is 11.8 Å². The first-order valence-electron chi connectivity index (χ1n) is 6.86. The van der Waals surface area contributed by atoms with Gasteiger partial charge in [0.05, 0.1) is 5.69 Å². The molecule has 0 radical (unpaired) electrons. The summed E-state index contributed by atoms with van der Waals surface area (Å²) >= 11 is 2.53. The molecule has 0 fully saturated rings. The van der Waals surface area contributed by atoms with Gasteiger partial charge in [-0.1, -0.05) is 23.9 Å². The summed E-state index contributed by atoms with van der Waals surface area (Å²) in [7, 11) is 0. The number of anilines is 1. The highest BCUT2D eigenvalue weighted by atomic mass is 32.2. The fourth-order valence-electron chi connectivity index (χ4n) is 1.76. The molecule has 2 rings (SSSR count). The molecule has 1 heterocycles. The second-order valence-corrected chi connectivity index (χ2v) is 6.48. The number of carbonyl (C=O) groups excluding carboxylic acids is 1. The van der Waals surface area contributed by atoms with Crippen molar-refractivity contribution in [3.8, 4) is 0 Å². The highest BCUT2D eigenvalue weighted by molar-refractivity contribution is 7.99. The number of aromatic nitrogens is 2. The Kier molecular flexibility index (Phi) is 6.50. The summed E-state index contributed by atoms with van der Waals surface area (Å²) < 4.78 is 37.7. The van der Waals surface area contributed by atoms with E-state index in [1.807, 2.05) is 24.5 Å². The van der Waals surface area contributed by atoms with Gasteiger partial charge in [0, 0.05) is 23.3 Å². The number of nitrogens with one attached hydrogen (secondary N) is 1. The monoisotopic (exact) mass is 373 g/mol. The second-order valence-electron chi connectivity index (χ2n) is 4.57. The van der Waals surface area contributed by atoms with Gasteiger partial charge in [0.2, 0.25) is 5.91 Å². The van der Waals surface area contributed by atoms with Gasteiger partial charge < -0.3 is 5.32 Å². The molecule has 1 aromatic heterocycles. The lowest BCUT2D eigenvalue weighted by atomic mass is 10.3. The normalized spacial score (nSPS) is 11.3. The molecule has 2 aromatic rings. The maximum absolute atomic E-state index is 12.6. The zero-order valence-electron chi connectivity index (χ0n) is 12.6. The molecule has 0 spiro atoms. The van der Waals surface area contributed by atoms with Crippen molar-refractivity contribution < 1.29 is 18.0 Å². The molecular weight excluding hydrogens is 359 g/mol. The minimum atomic E-state index is -4.50. The van der Waals surface area contributed by atoms with E-state index in [1.165, 1.54) is 11.8 Å². The van der Waals surface area contributed by atoms with Crippen LogP contribution in [0.25, 0.3) is 0 Å². The predicted octanol–water partition coefficient (Wildman–Crippen LogP) is 4.34. The number of para-hydroxylation sites is 1. The number of rotatable bonds is 6. The van der Waals surface area contributed by atoms with Crippen LogP contribution in [0, 0.1) is 0 Å². The van der Waals surface area contributed by atoms with E-state index in [1.54, 1.807) is 6.07 Å². The molecule has 0 atom stereocenters. The molecule has 1 aromatic carbocycles. The molecule has 0 bridgehead atoms. The molecular formula is C15H14F3N3OS2. The summed E-state index contributed by atoms with van der Waals surface area (Å²) in [5.74, 6) is 0.0742. The molecule has 0 aliphatic carbocycles. The summed E-state index contributed by atoms with van der Waals surface area (Å²) in [5, 5.41) is 2.79. The maximum atomic E-state index is 12.6. The number of hydrogen-bond acceptors (Lipinski definition) is 5. The average Bonchev–Trinajstić information content (AvgIpc) is 2.55. The highest BCUT2D eigenvalue weighted by Gasteiger charge is 2.32. The molecule has 0 saturated carbocycles. The third-order valence-electron chi connectivity index (χ3n) is 2.87. The Morgan fingerprint density at radius 3 is 2.71 bits per heavy atom. The van der Waals surface area contributed by atoms with Gasteiger partial charge in [0.15, 0.2) is 5.16 Å². The largest absolute Gasteiger partial charge is 0.433 e. The van der Waals surface area contributed by atoms with Crippen molar-refractivity contribution in [1.82, 2.24) is 9.97 Å². The summed E-state index contributed by atoms with van der Waals surface area (Å²) in [6, 6.07) is 8.21. The third kappa shape index (κ3) is 5.41. The Balaban J connectivity index is 1.87. The van der Waals surface area contributed by atoms with Crippen molar-refractivity contribution in [2.75, 3.05) is 17.3 Å². The minimum Gasteiger partial charge on any atom is -0.325 e. The summed E-state index contributed by atoms with van der Waals surface area (Å²) in [5.41, 5.74) is -0.270. The van der Waals surface area contributed by atoms with Crippen LogP contribution >= 0.6 is 23.5 Å².